The van der Waals surface area contributed by atoms with Gasteiger partial charge in [0.05, 0.1) is 32.5 Å². The lowest BCUT2D eigenvalue weighted by Crippen LogP contribution is -2.37. The highest BCUT2D eigenvalue weighted by atomic mass is 19.4. The molecule has 0 bridgehead atoms. The molecule has 0 saturated heterocycles. The second kappa shape index (κ2) is 11.5. The Balaban J connectivity index is 1.95. The Morgan fingerprint density at radius 2 is 1.77 bits per heavy atom. The molecule has 0 fully saturated rings. The van der Waals surface area contributed by atoms with E-state index in [1.807, 2.05) is 32.9 Å². The first-order valence-corrected chi connectivity index (χ1v) is 9.97. The number of rotatable bonds is 9. The highest BCUT2D eigenvalue weighted by molar-refractivity contribution is 5.79. The van der Waals surface area contributed by atoms with Crippen LogP contribution in [0.15, 0.2) is 35.5 Å². The number of pyridine rings is 1. The topological polar surface area (TPSA) is 67.8 Å². The summed E-state index contributed by atoms with van der Waals surface area (Å²) in [6.45, 7) is 6.18. The fourth-order valence-electron chi connectivity index (χ4n) is 2.95. The summed E-state index contributed by atoms with van der Waals surface area (Å²) in [5.74, 6) is 1.47. The van der Waals surface area contributed by atoms with Gasteiger partial charge in [-0.15, -0.1) is 0 Å². The summed E-state index contributed by atoms with van der Waals surface area (Å²) in [4.78, 5) is 9.05. The quantitative estimate of drug-likeness (QED) is 0.457. The van der Waals surface area contributed by atoms with Crippen molar-refractivity contribution in [2.24, 2.45) is 4.99 Å². The van der Waals surface area contributed by atoms with Crippen LogP contribution in [0.1, 0.15) is 34.9 Å². The van der Waals surface area contributed by atoms with Gasteiger partial charge < -0.3 is 20.1 Å². The van der Waals surface area contributed by atoms with E-state index in [4.69, 9.17) is 4.74 Å². The smallest absolute Gasteiger partial charge is 0.411 e. The summed E-state index contributed by atoms with van der Waals surface area (Å²) in [5, 5.41) is 6.46. The molecule has 0 saturated carbocycles. The van der Waals surface area contributed by atoms with Crippen LogP contribution in [-0.4, -0.2) is 37.4 Å². The number of hydrogen-bond acceptors (Lipinski definition) is 4. The summed E-state index contributed by atoms with van der Waals surface area (Å²) in [7, 11) is 1.64. The molecule has 0 aliphatic carbocycles. The van der Waals surface area contributed by atoms with E-state index in [1.165, 1.54) is 0 Å². The zero-order valence-corrected chi connectivity index (χ0v) is 18.3. The zero-order valence-electron chi connectivity index (χ0n) is 18.3. The summed E-state index contributed by atoms with van der Waals surface area (Å²) in [5.41, 5.74) is 4.45. The van der Waals surface area contributed by atoms with Crippen LogP contribution in [0.3, 0.4) is 0 Å². The predicted octanol–water partition coefficient (Wildman–Crippen LogP) is 4.04. The number of hydrogen-bond donors (Lipinski definition) is 2. The van der Waals surface area contributed by atoms with E-state index in [0.29, 0.717) is 31.2 Å². The molecule has 0 aliphatic rings. The van der Waals surface area contributed by atoms with Crippen LogP contribution in [0.5, 0.6) is 5.75 Å². The Hall–Kier alpha value is -2.81. The Morgan fingerprint density at radius 3 is 2.39 bits per heavy atom. The van der Waals surface area contributed by atoms with Gasteiger partial charge in [0, 0.05) is 23.9 Å². The number of methoxy groups -OCH3 is 1. The minimum atomic E-state index is -4.32. The Bertz CT molecular complexity index is 868. The van der Waals surface area contributed by atoms with Gasteiger partial charge in [0.2, 0.25) is 0 Å². The number of ether oxygens (including phenoxy) is 2. The monoisotopic (exact) mass is 438 g/mol. The normalized spacial score (nSPS) is 12.0. The molecule has 2 aromatic rings. The highest BCUT2D eigenvalue weighted by Crippen LogP contribution is 2.23. The van der Waals surface area contributed by atoms with Gasteiger partial charge in [-0.2, -0.15) is 13.2 Å². The number of aromatic nitrogens is 1. The summed E-state index contributed by atoms with van der Waals surface area (Å²) in [6.07, 6.45) is -2.53. The number of nitrogens with one attached hydrogen (secondary N) is 2. The number of halogens is 3. The molecular weight excluding hydrogens is 409 g/mol. The molecule has 31 heavy (non-hydrogen) atoms. The molecule has 0 spiro atoms. The van der Waals surface area contributed by atoms with E-state index in [0.717, 1.165) is 28.1 Å². The molecule has 1 aromatic heterocycles. The van der Waals surface area contributed by atoms with Crippen LogP contribution in [0.2, 0.25) is 0 Å². The van der Waals surface area contributed by atoms with E-state index in [2.05, 4.69) is 25.3 Å². The number of aryl methyl sites for hydroxylation is 1. The molecule has 0 unspecified atom stereocenters. The predicted molar refractivity (Wildman–Crippen MR) is 114 cm³/mol. The molecule has 2 rings (SSSR count). The van der Waals surface area contributed by atoms with Crippen LogP contribution in [-0.2, 0) is 24.4 Å². The fraction of sp³-hybridized carbons (Fsp3) is 0.455. The maximum Gasteiger partial charge on any atom is 0.411 e. The van der Waals surface area contributed by atoms with Gasteiger partial charge in [0.15, 0.2) is 5.96 Å². The first-order valence-electron chi connectivity index (χ1n) is 9.97. The molecule has 0 aliphatic heterocycles. The van der Waals surface area contributed by atoms with Gasteiger partial charge in [-0.3, -0.25) is 4.98 Å². The molecule has 0 atom stereocenters. The largest absolute Gasteiger partial charge is 0.496 e. The van der Waals surface area contributed by atoms with Crippen molar-refractivity contribution in [3.63, 3.8) is 0 Å². The lowest BCUT2D eigenvalue weighted by Gasteiger charge is -2.15. The number of benzene rings is 1. The van der Waals surface area contributed by atoms with Gasteiger partial charge in [0.25, 0.3) is 0 Å². The molecule has 2 N–H and O–H groups in total. The standard InChI is InChI=1S/C22H29F3N4O2/c1-5-26-21(29-12-19-16(3)20(30-4)15(2)10-27-19)28-11-17-6-8-18(9-7-17)13-31-14-22(23,24)25/h6-10H,5,11-14H2,1-4H3,(H2,26,28,29). The first kappa shape index (κ1) is 24.5. The van der Waals surface area contributed by atoms with Crippen LogP contribution >= 0.6 is 0 Å². The molecule has 9 heteroatoms. The van der Waals surface area contributed by atoms with Gasteiger partial charge >= 0.3 is 6.18 Å². The van der Waals surface area contributed by atoms with Crippen molar-refractivity contribution < 1.29 is 22.6 Å². The molecule has 0 amide bonds. The molecule has 1 heterocycles. The average Bonchev–Trinajstić information content (AvgIpc) is 2.71. The fourth-order valence-corrected chi connectivity index (χ4v) is 2.95. The van der Waals surface area contributed by atoms with Crippen molar-refractivity contribution in [3.8, 4) is 5.75 Å². The molecular formula is C22H29F3N4O2. The van der Waals surface area contributed by atoms with Crippen LogP contribution in [0.25, 0.3) is 0 Å². The Kier molecular flexibility index (Phi) is 9.11. The second-order valence-electron chi connectivity index (χ2n) is 7.02. The Morgan fingerprint density at radius 1 is 1.10 bits per heavy atom. The van der Waals surface area contributed by atoms with E-state index in [1.54, 1.807) is 25.4 Å². The Labute approximate surface area is 180 Å². The van der Waals surface area contributed by atoms with Crippen LogP contribution in [0, 0.1) is 13.8 Å². The highest BCUT2D eigenvalue weighted by Gasteiger charge is 2.27. The van der Waals surface area contributed by atoms with Gasteiger partial charge in [-0.1, -0.05) is 24.3 Å². The number of nitrogens with zero attached hydrogens (tertiary/aromatic N) is 2. The van der Waals surface area contributed by atoms with Crippen molar-refractivity contribution in [2.45, 2.75) is 46.6 Å². The van der Waals surface area contributed by atoms with E-state index < -0.39 is 12.8 Å². The third-order valence-corrected chi connectivity index (χ3v) is 4.49. The maximum atomic E-state index is 12.1. The van der Waals surface area contributed by atoms with Crippen LogP contribution < -0.4 is 15.4 Å². The average molecular weight is 438 g/mol. The van der Waals surface area contributed by atoms with Gasteiger partial charge in [-0.25, -0.2) is 4.99 Å². The molecule has 170 valence electrons. The minimum Gasteiger partial charge on any atom is -0.496 e. The number of guanidine groups is 1. The minimum absolute atomic E-state index is 0.0837. The number of alkyl halides is 3. The molecule has 6 nitrogen and oxygen atoms in total. The molecule has 1 aromatic carbocycles. The SMILES string of the molecule is CCNC(=NCc1ccc(COCC(F)(F)F)cc1)NCc1ncc(C)c(OC)c1C. The van der Waals surface area contributed by atoms with E-state index >= 15 is 0 Å². The molecule has 0 radical (unpaired) electrons. The van der Waals surface area contributed by atoms with Gasteiger partial charge in [0.1, 0.15) is 12.4 Å². The van der Waals surface area contributed by atoms with E-state index in [9.17, 15) is 13.2 Å². The lowest BCUT2D eigenvalue weighted by molar-refractivity contribution is -0.176. The van der Waals surface area contributed by atoms with Gasteiger partial charge in [-0.05, 0) is 31.9 Å². The van der Waals surface area contributed by atoms with Crippen molar-refractivity contribution in [1.82, 2.24) is 15.6 Å². The maximum absolute atomic E-state index is 12.1. The van der Waals surface area contributed by atoms with Crippen molar-refractivity contribution >= 4 is 5.96 Å². The lowest BCUT2D eigenvalue weighted by atomic mass is 10.1. The summed E-state index contributed by atoms with van der Waals surface area (Å²) in [6, 6.07) is 7.15. The number of aliphatic imine (C=N–C) groups is 1. The van der Waals surface area contributed by atoms with Crippen molar-refractivity contribution in [3.05, 3.63) is 58.4 Å². The van der Waals surface area contributed by atoms with Crippen molar-refractivity contribution in [2.75, 3.05) is 20.3 Å². The summed E-state index contributed by atoms with van der Waals surface area (Å²) >= 11 is 0. The van der Waals surface area contributed by atoms with Crippen LogP contribution in [0.4, 0.5) is 13.2 Å². The second-order valence-corrected chi connectivity index (χ2v) is 7.02. The summed E-state index contributed by atoms with van der Waals surface area (Å²) < 4.78 is 46.6. The first-order chi connectivity index (χ1) is 14.7. The zero-order chi connectivity index (χ0) is 22.9. The van der Waals surface area contributed by atoms with E-state index in [-0.39, 0.29) is 6.61 Å². The van der Waals surface area contributed by atoms with Crippen molar-refractivity contribution in [1.29, 1.82) is 0 Å². The third-order valence-electron chi connectivity index (χ3n) is 4.49. The third kappa shape index (κ3) is 8.09.